The number of nitrogens with zero attached hydrogens (tertiary/aromatic N) is 1. The third-order valence-electron chi connectivity index (χ3n) is 2.67. The third kappa shape index (κ3) is 3.49. The molecule has 1 aromatic carbocycles. The predicted molar refractivity (Wildman–Crippen MR) is 71.1 cm³/mol. The Morgan fingerprint density at radius 1 is 1.21 bits per heavy atom. The van der Waals surface area contributed by atoms with Gasteiger partial charge in [0.1, 0.15) is 11.6 Å². The molecule has 0 saturated carbocycles. The molecule has 2 nitrogen and oxygen atoms in total. The van der Waals surface area contributed by atoms with E-state index in [9.17, 15) is 8.78 Å². The summed E-state index contributed by atoms with van der Waals surface area (Å²) >= 11 is 5.79. The molecule has 5 heteroatoms. The second kappa shape index (κ2) is 6.08. The summed E-state index contributed by atoms with van der Waals surface area (Å²) < 4.78 is 26.6. The normalized spacial score (nSPS) is 12.4. The highest BCUT2D eigenvalue weighted by Crippen LogP contribution is 2.23. The van der Waals surface area contributed by atoms with Crippen molar-refractivity contribution in [1.82, 2.24) is 10.3 Å². The van der Waals surface area contributed by atoms with Crippen LogP contribution in [0.2, 0.25) is 5.02 Å². The molecule has 19 heavy (non-hydrogen) atoms. The molecule has 0 saturated heterocycles. The highest BCUT2D eigenvalue weighted by Gasteiger charge is 2.16. The Morgan fingerprint density at radius 3 is 2.42 bits per heavy atom. The number of hydrogen-bond acceptors (Lipinski definition) is 2. The van der Waals surface area contributed by atoms with E-state index in [0.717, 1.165) is 6.07 Å². The van der Waals surface area contributed by atoms with Crippen LogP contribution < -0.4 is 5.32 Å². The Balaban J connectivity index is 2.41. The van der Waals surface area contributed by atoms with Crippen molar-refractivity contribution in [3.63, 3.8) is 0 Å². The second-order valence-corrected chi connectivity index (χ2v) is 4.53. The van der Waals surface area contributed by atoms with Crippen LogP contribution in [0.5, 0.6) is 0 Å². The molecule has 100 valence electrons. The molecule has 1 atom stereocenters. The Bertz CT molecular complexity index is 538. The molecule has 2 aromatic rings. The van der Waals surface area contributed by atoms with Crippen molar-refractivity contribution >= 4 is 11.6 Å². The number of halogens is 3. The van der Waals surface area contributed by atoms with Gasteiger partial charge >= 0.3 is 0 Å². The van der Waals surface area contributed by atoms with Gasteiger partial charge in [0, 0.05) is 12.3 Å². The topological polar surface area (TPSA) is 24.9 Å². The highest BCUT2D eigenvalue weighted by atomic mass is 35.5. The van der Waals surface area contributed by atoms with Gasteiger partial charge < -0.3 is 5.32 Å². The van der Waals surface area contributed by atoms with Crippen molar-refractivity contribution in [1.29, 1.82) is 0 Å². The van der Waals surface area contributed by atoms with E-state index in [1.807, 2.05) is 6.92 Å². The molecule has 1 aromatic heterocycles. The summed E-state index contributed by atoms with van der Waals surface area (Å²) in [6, 6.07) is 6.51. The molecule has 0 aliphatic heterocycles. The average molecular weight is 283 g/mol. The fourth-order valence-corrected chi connectivity index (χ4v) is 2.01. The van der Waals surface area contributed by atoms with Gasteiger partial charge in [-0.25, -0.2) is 8.78 Å². The predicted octanol–water partition coefficient (Wildman–Crippen LogP) is 3.71. The van der Waals surface area contributed by atoms with Gasteiger partial charge in [-0.05, 0) is 36.4 Å². The van der Waals surface area contributed by atoms with Crippen molar-refractivity contribution in [3.8, 4) is 0 Å². The molecule has 0 bridgehead atoms. The lowest BCUT2D eigenvalue weighted by Gasteiger charge is -2.18. The smallest absolute Gasteiger partial charge is 0.126 e. The van der Waals surface area contributed by atoms with Gasteiger partial charge in [0.2, 0.25) is 0 Å². The van der Waals surface area contributed by atoms with E-state index >= 15 is 0 Å². The first-order valence-corrected chi connectivity index (χ1v) is 6.28. The minimum Gasteiger partial charge on any atom is -0.305 e. The first-order chi connectivity index (χ1) is 9.10. The molecule has 0 amide bonds. The van der Waals surface area contributed by atoms with Crippen LogP contribution in [0.25, 0.3) is 0 Å². The summed E-state index contributed by atoms with van der Waals surface area (Å²) in [5.41, 5.74) is 1.16. The van der Waals surface area contributed by atoms with E-state index in [-0.39, 0.29) is 6.04 Å². The average Bonchev–Trinajstić information content (AvgIpc) is 2.36. The number of aromatic nitrogens is 1. The largest absolute Gasteiger partial charge is 0.305 e. The first-order valence-electron chi connectivity index (χ1n) is 5.91. The summed E-state index contributed by atoms with van der Waals surface area (Å²) in [7, 11) is 0. The van der Waals surface area contributed by atoms with Gasteiger partial charge in [-0.3, -0.25) is 4.98 Å². The number of pyridine rings is 1. The standard InChI is InChI=1S/C14H13ClF2N2/c1-2-18-14(13-4-3-10(15)8-19-13)9-5-11(16)7-12(17)6-9/h3-8,14,18H,2H2,1H3. The molecule has 0 radical (unpaired) electrons. The quantitative estimate of drug-likeness (QED) is 0.925. The number of benzene rings is 1. The van der Waals surface area contributed by atoms with Crippen LogP contribution in [0.3, 0.4) is 0 Å². The Morgan fingerprint density at radius 2 is 1.89 bits per heavy atom. The van der Waals surface area contributed by atoms with Crippen LogP contribution in [-0.4, -0.2) is 11.5 Å². The van der Waals surface area contributed by atoms with Crippen LogP contribution in [0, 0.1) is 11.6 Å². The minimum absolute atomic E-state index is 0.368. The summed E-state index contributed by atoms with van der Waals surface area (Å²) in [6.45, 7) is 2.56. The van der Waals surface area contributed by atoms with Gasteiger partial charge in [-0.2, -0.15) is 0 Å². The van der Waals surface area contributed by atoms with Gasteiger partial charge in [-0.15, -0.1) is 0 Å². The molecule has 1 N–H and O–H groups in total. The maximum absolute atomic E-state index is 13.3. The zero-order chi connectivity index (χ0) is 13.8. The SMILES string of the molecule is CCNC(c1cc(F)cc(F)c1)c1ccc(Cl)cn1. The lowest BCUT2D eigenvalue weighted by Crippen LogP contribution is -2.23. The molecule has 2 rings (SSSR count). The lowest BCUT2D eigenvalue weighted by molar-refractivity contribution is 0.562. The fraction of sp³-hybridized carbons (Fsp3) is 0.214. The van der Waals surface area contributed by atoms with E-state index in [4.69, 9.17) is 11.6 Å². The van der Waals surface area contributed by atoms with Crippen molar-refractivity contribution in [3.05, 3.63) is 64.4 Å². The second-order valence-electron chi connectivity index (χ2n) is 4.09. The van der Waals surface area contributed by atoms with Crippen LogP contribution in [0.15, 0.2) is 36.5 Å². The van der Waals surface area contributed by atoms with Crippen molar-refractivity contribution in [2.24, 2.45) is 0 Å². The molecule has 1 heterocycles. The van der Waals surface area contributed by atoms with E-state index in [0.29, 0.717) is 22.8 Å². The molecular weight excluding hydrogens is 270 g/mol. The summed E-state index contributed by atoms with van der Waals surface area (Å²) in [6.07, 6.45) is 1.51. The van der Waals surface area contributed by atoms with Crippen LogP contribution >= 0.6 is 11.6 Å². The lowest BCUT2D eigenvalue weighted by atomic mass is 10.0. The molecule has 0 aliphatic carbocycles. The summed E-state index contributed by atoms with van der Waals surface area (Å²) in [5, 5.41) is 3.67. The van der Waals surface area contributed by atoms with E-state index in [2.05, 4.69) is 10.3 Å². The first kappa shape index (κ1) is 13.9. The van der Waals surface area contributed by atoms with Gasteiger partial charge in [0.25, 0.3) is 0 Å². The minimum atomic E-state index is -0.605. The molecule has 0 aliphatic rings. The van der Waals surface area contributed by atoms with Crippen LogP contribution in [0.1, 0.15) is 24.2 Å². The van der Waals surface area contributed by atoms with E-state index in [1.165, 1.54) is 18.3 Å². The summed E-state index contributed by atoms with van der Waals surface area (Å²) in [5.74, 6) is -1.21. The zero-order valence-electron chi connectivity index (χ0n) is 10.3. The Kier molecular flexibility index (Phi) is 4.45. The highest BCUT2D eigenvalue weighted by molar-refractivity contribution is 6.30. The summed E-state index contributed by atoms with van der Waals surface area (Å²) in [4.78, 5) is 4.19. The van der Waals surface area contributed by atoms with E-state index < -0.39 is 11.6 Å². The van der Waals surface area contributed by atoms with Crippen LogP contribution in [0.4, 0.5) is 8.78 Å². The molecular formula is C14H13ClF2N2. The third-order valence-corrected chi connectivity index (χ3v) is 2.90. The Hall–Kier alpha value is -1.52. The molecule has 0 fully saturated rings. The molecule has 1 unspecified atom stereocenters. The maximum Gasteiger partial charge on any atom is 0.126 e. The van der Waals surface area contributed by atoms with Gasteiger partial charge in [-0.1, -0.05) is 18.5 Å². The van der Waals surface area contributed by atoms with Gasteiger partial charge in [0.05, 0.1) is 16.8 Å². The van der Waals surface area contributed by atoms with Crippen LogP contribution in [-0.2, 0) is 0 Å². The zero-order valence-corrected chi connectivity index (χ0v) is 11.1. The monoisotopic (exact) mass is 282 g/mol. The van der Waals surface area contributed by atoms with Crippen molar-refractivity contribution in [2.75, 3.05) is 6.54 Å². The van der Waals surface area contributed by atoms with Gasteiger partial charge in [0.15, 0.2) is 0 Å². The number of hydrogen-bond donors (Lipinski definition) is 1. The van der Waals surface area contributed by atoms with Crippen molar-refractivity contribution in [2.45, 2.75) is 13.0 Å². The Labute approximate surface area is 115 Å². The fourth-order valence-electron chi connectivity index (χ4n) is 1.90. The number of rotatable bonds is 4. The van der Waals surface area contributed by atoms with Crippen molar-refractivity contribution < 1.29 is 8.78 Å². The molecule has 0 spiro atoms. The van der Waals surface area contributed by atoms with E-state index in [1.54, 1.807) is 12.1 Å². The maximum atomic E-state index is 13.3. The number of nitrogens with one attached hydrogen (secondary N) is 1.